The summed E-state index contributed by atoms with van der Waals surface area (Å²) in [6.07, 6.45) is 24.4. The van der Waals surface area contributed by atoms with Gasteiger partial charge >= 0.3 is 63.4 Å². The minimum absolute atomic E-state index is 0.226. The number of hydrogen-bond donors (Lipinski definition) is 0. The van der Waals surface area contributed by atoms with Gasteiger partial charge in [0.05, 0.1) is 0 Å². The van der Waals surface area contributed by atoms with Crippen molar-refractivity contribution >= 4 is 21.9 Å². The molecule has 0 saturated carbocycles. The van der Waals surface area contributed by atoms with E-state index in [0.29, 0.717) is 12.2 Å². The molecule has 31 heavy (non-hydrogen) atoms. The summed E-state index contributed by atoms with van der Waals surface area (Å²) in [6.45, 7) is 10.3. The first-order valence-electron chi connectivity index (χ1n) is 12.9. The molecule has 0 N–H and O–H groups in total. The maximum atomic E-state index is 10.2. The Labute approximate surface area is 200 Å². The first-order valence-corrected chi connectivity index (χ1v) is 13.8. The molecule has 0 spiro atoms. The third kappa shape index (κ3) is 37.3. The summed E-state index contributed by atoms with van der Waals surface area (Å²) >= 11 is -0.245. The fraction of sp³-hybridized carbons (Fsp3) is 0.885. The van der Waals surface area contributed by atoms with Crippen LogP contribution in [-0.4, -0.2) is 34.1 Å². The molecule has 0 atom stereocenters. The van der Waals surface area contributed by atoms with Crippen molar-refractivity contribution in [3.05, 3.63) is 12.2 Å². The van der Waals surface area contributed by atoms with E-state index in [1.165, 1.54) is 83.5 Å². The monoisotopic (exact) mass is 454 g/mol. The Balaban J connectivity index is 0. The SMILES string of the molecule is CC(C)[O][Al+][O]C(C)C.CCCCCCCC/C=C\CCCCCCCCCC(=O)[O-]. The number of unbranched alkanes of at least 4 members (excludes halogenated alkanes) is 13. The molecule has 0 saturated heterocycles. The van der Waals surface area contributed by atoms with Crippen LogP contribution >= 0.6 is 0 Å². The zero-order chi connectivity index (χ0) is 23.6. The molecule has 5 heteroatoms. The second-order valence-corrected chi connectivity index (χ2v) is 9.62. The van der Waals surface area contributed by atoms with E-state index in [2.05, 4.69) is 19.1 Å². The van der Waals surface area contributed by atoms with Gasteiger partial charge in [-0.05, 0) is 38.5 Å². The van der Waals surface area contributed by atoms with Crippen LogP contribution in [0.1, 0.15) is 137 Å². The average molecular weight is 455 g/mol. The molecule has 0 rings (SSSR count). The third-order valence-corrected chi connectivity index (χ3v) is 6.11. The molecule has 0 radical (unpaired) electrons. The fourth-order valence-electron chi connectivity index (χ4n) is 2.95. The molecule has 0 aromatic heterocycles. The standard InChI is InChI=1S/C20H38O2.2C3H7O.Al/c1-2-3-4-5-6-7-8-9-10-11-12-13-14-15-16-17-18-19-20(21)22;2*1-3(2)4;/h9-10H,2-8,11-19H2,1H3,(H,21,22);2*3H,1-2H3;/q;2*-1;+3/p-1/b10-9-;;;. The molecule has 4 nitrogen and oxygen atoms in total. The van der Waals surface area contributed by atoms with Crippen molar-refractivity contribution in [3.63, 3.8) is 0 Å². The number of carboxylic acids is 1. The predicted octanol–water partition coefficient (Wildman–Crippen LogP) is 6.92. The molecule has 0 heterocycles. The smallest absolute Gasteiger partial charge is 0.0414 e. The van der Waals surface area contributed by atoms with Crippen LogP contribution < -0.4 is 5.11 Å². The molecule has 182 valence electrons. The van der Waals surface area contributed by atoms with E-state index in [9.17, 15) is 9.90 Å². The molecular weight excluding hydrogens is 403 g/mol. The summed E-state index contributed by atoms with van der Waals surface area (Å²) in [5.41, 5.74) is 0. The van der Waals surface area contributed by atoms with Crippen LogP contribution in [0.3, 0.4) is 0 Å². The molecule has 0 bridgehead atoms. The van der Waals surface area contributed by atoms with Gasteiger partial charge in [0.1, 0.15) is 0 Å². The zero-order valence-electron chi connectivity index (χ0n) is 21.3. The number of allylic oxidation sites excluding steroid dienone is 2. The van der Waals surface area contributed by atoms with Gasteiger partial charge in [-0.15, -0.1) is 0 Å². The van der Waals surface area contributed by atoms with Gasteiger partial charge in [-0.1, -0.05) is 83.3 Å². The van der Waals surface area contributed by atoms with Gasteiger partial charge in [0.25, 0.3) is 0 Å². The maximum absolute atomic E-state index is 10.2. The molecule has 0 aromatic rings. The molecule has 0 fully saturated rings. The van der Waals surface area contributed by atoms with Crippen LogP contribution in [-0.2, 0) is 12.4 Å². The van der Waals surface area contributed by atoms with E-state index >= 15 is 0 Å². The van der Waals surface area contributed by atoms with E-state index in [-0.39, 0.29) is 22.3 Å². The van der Waals surface area contributed by atoms with Crippen LogP contribution in [0, 0.1) is 0 Å². The van der Waals surface area contributed by atoms with Gasteiger partial charge in [0.15, 0.2) is 0 Å². The van der Waals surface area contributed by atoms with Crippen molar-refractivity contribution in [3.8, 4) is 0 Å². The molecule has 0 unspecified atom stereocenters. The molecule has 0 aliphatic rings. The topological polar surface area (TPSA) is 58.6 Å². The summed E-state index contributed by atoms with van der Waals surface area (Å²) in [7, 11) is 0. The van der Waals surface area contributed by atoms with Gasteiger partial charge in [0, 0.05) is 5.97 Å². The van der Waals surface area contributed by atoms with Crippen LogP contribution in [0.4, 0.5) is 0 Å². The second-order valence-electron chi connectivity index (χ2n) is 8.88. The van der Waals surface area contributed by atoms with Gasteiger partial charge in [0.2, 0.25) is 0 Å². The molecular formula is C26H51AlO4. The summed E-state index contributed by atoms with van der Waals surface area (Å²) < 4.78 is 10.4. The first-order chi connectivity index (χ1) is 14.9. The Kier molecular flexibility index (Phi) is 29.3. The van der Waals surface area contributed by atoms with E-state index in [1.807, 2.05) is 27.7 Å². The van der Waals surface area contributed by atoms with E-state index in [1.54, 1.807) is 0 Å². The number of rotatable bonds is 21. The Morgan fingerprint density at radius 1 is 0.710 bits per heavy atom. The summed E-state index contributed by atoms with van der Waals surface area (Å²) in [4.78, 5) is 10.2. The number of aliphatic carboxylic acids is 1. The van der Waals surface area contributed by atoms with Crippen LogP contribution in [0.5, 0.6) is 0 Å². The summed E-state index contributed by atoms with van der Waals surface area (Å²) in [5, 5.41) is 10.2. The van der Waals surface area contributed by atoms with Crippen LogP contribution in [0.2, 0.25) is 0 Å². The predicted molar refractivity (Wildman–Crippen MR) is 132 cm³/mol. The van der Waals surface area contributed by atoms with Crippen molar-refractivity contribution in [2.75, 3.05) is 0 Å². The maximum Gasteiger partial charge on any atom is 0.0414 e. The van der Waals surface area contributed by atoms with Crippen LogP contribution in [0.25, 0.3) is 0 Å². The third-order valence-electron chi connectivity index (χ3n) is 4.80. The number of carbonyl (C=O) groups is 1. The Morgan fingerprint density at radius 2 is 1.10 bits per heavy atom. The minimum Gasteiger partial charge on any atom is -0.550 e. The van der Waals surface area contributed by atoms with E-state index < -0.39 is 5.97 Å². The van der Waals surface area contributed by atoms with Gasteiger partial charge in [-0.2, -0.15) is 0 Å². The van der Waals surface area contributed by atoms with Crippen molar-refractivity contribution < 1.29 is 17.5 Å². The largest absolute Gasteiger partial charge is 0.550 e. The average Bonchev–Trinajstić information content (AvgIpc) is 2.70. The Bertz CT molecular complexity index is 376. The van der Waals surface area contributed by atoms with Gasteiger partial charge in [-0.25, -0.2) is 0 Å². The van der Waals surface area contributed by atoms with Gasteiger partial charge < -0.3 is 9.90 Å². The molecule has 0 aliphatic carbocycles. The summed E-state index contributed by atoms with van der Waals surface area (Å²) in [6, 6.07) is 0. The normalized spacial score (nSPS) is 11.1. The second kappa shape index (κ2) is 27.7. The quantitative estimate of drug-likeness (QED) is 0.107. The first kappa shape index (κ1) is 32.8. The molecule has 0 aromatic carbocycles. The van der Waals surface area contributed by atoms with Crippen LogP contribution in [0.15, 0.2) is 12.2 Å². The number of hydrogen-bond acceptors (Lipinski definition) is 4. The van der Waals surface area contributed by atoms with Crippen molar-refractivity contribution in [2.24, 2.45) is 0 Å². The minimum atomic E-state index is -0.909. The van der Waals surface area contributed by atoms with E-state index in [4.69, 9.17) is 7.58 Å². The number of carbonyl (C=O) groups excluding carboxylic acids is 1. The summed E-state index contributed by atoms with van der Waals surface area (Å²) in [5.74, 6) is -0.909. The van der Waals surface area contributed by atoms with Crippen molar-refractivity contribution in [2.45, 2.75) is 150 Å². The molecule has 0 aliphatic heterocycles. The van der Waals surface area contributed by atoms with E-state index in [0.717, 1.165) is 12.8 Å². The Hall–Kier alpha value is -0.338. The molecule has 0 amide bonds. The zero-order valence-corrected chi connectivity index (χ0v) is 22.5. The Morgan fingerprint density at radius 3 is 1.48 bits per heavy atom. The van der Waals surface area contributed by atoms with Crippen molar-refractivity contribution in [1.29, 1.82) is 0 Å². The van der Waals surface area contributed by atoms with Gasteiger partial charge in [-0.3, -0.25) is 0 Å². The van der Waals surface area contributed by atoms with Crippen molar-refractivity contribution in [1.82, 2.24) is 0 Å². The fourth-order valence-corrected chi connectivity index (χ4v) is 3.46. The number of carboxylic acid groups (broad SMARTS) is 1.